The van der Waals surface area contributed by atoms with E-state index in [4.69, 9.17) is 9.47 Å². The molecule has 3 nitrogen and oxygen atoms in total. The topological polar surface area (TPSA) is 22.6 Å². The third-order valence-electron chi connectivity index (χ3n) is 4.54. The monoisotopic (exact) mass is 384 g/mol. The second-order valence-electron chi connectivity index (χ2n) is 6.38. The molecule has 4 aromatic rings. The van der Waals surface area contributed by atoms with E-state index < -0.39 is 11.9 Å². The van der Waals surface area contributed by atoms with Crippen molar-refractivity contribution < 1.29 is 27.0 Å². The molecule has 2 heterocycles. The van der Waals surface area contributed by atoms with Crippen LogP contribution in [0, 0.1) is 0 Å². The van der Waals surface area contributed by atoms with E-state index in [1.807, 2.05) is 36.4 Å². The molecule has 0 amide bonds. The Bertz CT molecular complexity index is 1140. The molecule has 0 saturated carbocycles. The fourth-order valence-corrected chi connectivity index (χ4v) is 3.16. The van der Waals surface area contributed by atoms with Crippen molar-refractivity contribution in [1.82, 2.24) is 0 Å². The molecule has 0 spiro atoms. The van der Waals surface area contributed by atoms with Crippen LogP contribution in [0.1, 0.15) is 11.3 Å². The molecule has 0 radical (unpaired) electrons. The fourth-order valence-electron chi connectivity index (χ4n) is 3.16. The van der Waals surface area contributed by atoms with Gasteiger partial charge in [-0.15, -0.1) is 0 Å². The zero-order valence-electron chi connectivity index (χ0n) is 15.0. The molecule has 0 atom stereocenters. The molecule has 142 valence electrons. The first-order valence-electron chi connectivity index (χ1n) is 8.66. The Balaban J connectivity index is 1.78. The maximum atomic E-state index is 13.4. The summed E-state index contributed by atoms with van der Waals surface area (Å²) in [7, 11) is 1.44. The first-order chi connectivity index (χ1) is 13.5. The van der Waals surface area contributed by atoms with Crippen molar-refractivity contribution in [2.45, 2.75) is 12.8 Å². The standard InChI is InChI=1S/C22H17F3NO2/c1-27-20-9-10-21(22(23,24)25)26-13-16-7-8-18(11-17(16)12-19(20)26)28-14-15-5-3-2-4-6-15/h2-13H,14H2,1H3/q+1. The lowest BCUT2D eigenvalue weighted by molar-refractivity contribution is -0.541. The molecular formula is C22H17F3NO2+. The highest BCUT2D eigenvalue weighted by atomic mass is 19.4. The summed E-state index contributed by atoms with van der Waals surface area (Å²) >= 11 is 0. The highest BCUT2D eigenvalue weighted by Gasteiger charge is 2.41. The van der Waals surface area contributed by atoms with Gasteiger partial charge in [0.05, 0.1) is 7.11 Å². The van der Waals surface area contributed by atoms with Crippen molar-refractivity contribution in [3.05, 3.63) is 84.2 Å². The molecule has 0 aliphatic carbocycles. The van der Waals surface area contributed by atoms with Crippen molar-refractivity contribution >= 4 is 16.3 Å². The van der Waals surface area contributed by atoms with Gasteiger partial charge in [0.25, 0.3) is 11.2 Å². The van der Waals surface area contributed by atoms with E-state index in [0.29, 0.717) is 29.0 Å². The number of alkyl halides is 3. The predicted octanol–water partition coefficient (Wildman–Crippen LogP) is 5.18. The van der Waals surface area contributed by atoms with Crippen LogP contribution in [0.3, 0.4) is 0 Å². The molecule has 0 saturated heterocycles. The van der Waals surface area contributed by atoms with E-state index in [2.05, 4.69) is 0 Å². The number of pyridine rings is 2. The molecular weight excluding hydrogens is 367 g/mol. The molecule has 0 aliphatic rings. The average Bonchev–Trinajstić information content (AvgIpc) is 2.69. The number of methoxy groups -OCH3 is 1. The third-order valence-corrected chi connectivity index (χ3v) is 4.54. The van der Waals surface area contributed by atoms with Crippen LogP contribution in [-0.4, -0.2) is 7.11 Å². The summed E-state index contributed by atoms with van der Waals surface area (Å²) in [5.41, 5.74) is 0.618. The van der Waals surface area contributed by atoms with Gasteiger partial charge in [-0.1, -0.05) is 30.3 Å². The van der Waals surface area contributed by atoms with Gasteiger partial charge in [0.2, 0.25) is 0 Å². The molecule has 0 unspecified atom stereocenters. The summed E-state index contributed by atoms with van der Waals surface area (Å²) in [6.45, 7) is 0.413. The van der Waals surface area contributed by atoms with E-state index >= 15 is 0 Å². The summed E-state index contributed by atoms with van der Waals surface area (Å²) in [4.78, 5) is 0. The molecule has 28 heavy (non-hydrogen) atoms. The molecule has 6 heteroatoms. The molecule has 2 aromatic carbocycles. The van der Waals surface area contributed by atoms with Crippen LogP contribution in [0.4, 0.5) is 13.2 Å². The van der Waals surface area contributed by atoms with E-state index in [0.717, 1.165) is 21.4 Å². The molecule has 0 N–H and O–H groups in total. The van der Waals surface area contributed by atoms with Crippen LogP contribution < -0.4 is 13.9 Å². The van der Waals surface area contributed by atoms with Crippen LogP contribution in [0.25, 0.3) is 16.3 Å². The molecule has 4 rings (SSSR count). The van der Waals surface area contributed by atoms with Crippen molar-refractivity contribution in [3.63, 3.8) is 0 Å². The number of hydrogen-bond donors (Lipinski definition) is 0. The maximum Gasteiger partial charge on any atom is 0.477 e. The lowest BCUT2D eigenvalue weighted by Gasteiger charge is -2.09. The summed E-state index contributed by atoms with van der Waals surface area (Å²) < 4.78 is 52.4. The summed E-state index contributed by atoms with van der Waals surface area (Å²) in [5, 5.41) is 1.44. The van der Waals surface area contributed by atoms with Gasteiger partial charge in [0.15, 0.2) is 11.9 Å². The van der Waals surface area contributed by atoms with E-state index in [1.165, 1.54) is 19.4 Å². The van der Waals surface area contributed by atoms with Crippen LogP contribution in [0.5, 0.6) is 11.5 Å². The highest BCUT2D eigenvalue weighted by molar-refractivity contribution is 5.86. The van der Waals surface area contributed by atoms with E-state index in [9.17, 15) is 13.2 Å². The van der Waals surface area contributed by atoms with Crippen molar-refractivity contribution in [3.8, 4) is 11.5 Å². The molecule has 2 aromatic heterocycles. The second-order valence-corrected chi connectivity index (χ2v) is 6.38. The molecule has 0 fully saturated rings. The number of hydrogen-bond acceptors (Lipinski definition) is 2. The maximum absolute atomic E-state index is 13.4. The fraction of sp³-hybridized carbons (Fsp3) is 0.136. The Kier molecular flexibility index (Phi) is 4.55. The number of aromatic nitrogens is 1. The summed E-state index contributed by atoms with van der Waals surface area (Å²) in [6, 6.07) is 19.1. The minimum atomic E-state index is -4.47. The molecule has 0 aliphatic heterocycles. The number of nitrogens with zero attached hydrogens (tertiary/aromatic N) is 1. The van der Waals surface area contributed by atoms with Crippen LogP contribution in [0.15, 0.2) is 72.9 Å². The smallest absolute Gasteiger partial charge is 0.477 e. The first-order valence-corrected chi connectivity index (χ1v) is 8.66. The van der Waals surface area contributed by atoms with E-state index in [-0.39, 0.29) is 0 Å². The Morgan fingerprint density at radius 3 is 2.39 bits per heavy atom. The Morgan fingerprint density at radius 2 is 1.68 bits per heavy atom. The normalized spacial score (nSPS) is 11.7. The van der Waals surface area contributed by atoms with Gasteiger partial charge in [0, 0.05) is 17.5 Å². The first kappa shape index (κ1) is 18.1. The number of ether oxygens (including phenoxy) is 2. The van der Waals surface area contributed by atoms with Crippen LogP contribution in [-0.2, 0) is 12.8 Å². The van der Waals surface area contributed by atoms with Gasteiger partial charge in [-0.25, -0.2) is 0 Å². The van der Waals surface area contributed by atoms with Crippen LogP contribution >= 0.6 is 0 Å². The number of rotatable bonds is 4. The van der Waals surface area contributed by atoms with Gasteiger partial charge in [-0.2, -0.15) is 17.6 Å². The van der Waals surface area contributed by atoms with Crippen molar-refractivity contribution in [2.24, 2.45) is 0 Å². The Labute approximate surface area is 159 Å². The summed E-state index contributed by atoms with van der Waals surface area (Å²) in [6.07, 6.45) is -3.00. The highest BCUT2D eigenvalue weighted by Crippen LogP contribution is 2.31. The SMILES string of the molecule is COc1ccc(C(F)(F)F)[n+]2cc3ccc(OCc4ccccc4)cc3cc12. The number of halogens is 3. The predicted molar refractivity (Wildman–Crippen MR) is 99.4 cm³/mol. The quantitative estimate of drug-likeness (QED) is 0.357. The second kappa shape index (κ2) is 7.03. The van der Waals surface area contributed by atoms with Gasteiger partial charge < -0.3 is 9.47 Å². The molecule has 0 bridgehead atoms. The van der Waals surface area contributed by atoms with Crippen LogP contribution in [0.2, 0.25) is 0 Å². The van der Waals surface area contributed by atoms with E-state index in [1.54, 1.807) is 18.2 Å². The minimum Gasteiger partial charge on any atom is -0.490 e. The van der Waals surface area contributed by atoms with Gasteiger partial charge in [-0.3, -0.25) is 0 Å². The third kappa shape index (κ3) is 3.45. The zero-order valence-corrected chi connectivity index (χ0v) is 15.0. The average molecular weight is 384 g/mol. The summed E-state index contributed by atoms with van der Waals surface area (Å²) in [5.74, 6) is 1.01. The Hall–Kier alpha value is -3.28. The number of fused-ring (bicyclic) bond motifs is 2. The van der Waals surface area contributed by atoms with Gasteiger partial charge >= 0.3 is 6.18 Å². The largest absolute Gasteiger partial charge is 0.490 e. The van der Waals surface area contributed by atoms with Crippen molar-refractivity contribution in [1.29, 1.82) is 0 Å². The lowest BCUT2D eigenvalue weighted by Crippen LogP contribution is -2.33. The Morgan fingerprint density at radius 1 is 0.893 bits per heavy atom. The lowest BCUT2D eigenvalue weighted by atomic mass is 10.1. The van der Waals surface area contributed by atoms with Gasteiger partial charge in [-0.05, 0) is 35.2 Å². The minimum absolute atomic E-state index is 0.338. The van der Waals surface area contributed by atoms with Crippen molar-refractivity contribution in [2.75, 3.05) is 7.11 Å². The number of benzene rings is 2. The zero-order chi connectivity index (χ0) is 19.7. The van der Waals surface area contributed by atoms with Gasteiger partial charge in [0.1, 0.15) is 12.4 Å².